The molecule has 2 heterocycles. The van der Waals surface area contributed by atoms with E-state index in [0.29, 0.717) is 23.5 Å². The molecule has 1 unspecified atom stereocenters. The van der Waals surface area contributed by atoms with Crippen LogP contribution in [-0.4, -0.2) is 42.6 Å². The Balaban J connectivity index is 2.34. The molecule has 0 aromatic carbocycles. The summed E-state index contributed by atoms with van der Waals surface area (Å²) in [6.45, 7) is 3.35. The highest BCUT2D eigenvalue weighted by Crippen LogP contribution is 2.26. The summed E-state index contributed by atoms with van der Waals surface area (Å²) in [6.07, 6.45) is 2.93. The van der Waals surface area contributed by atoms with E-state index >= 15 is 0 Å². The van der Waals surface area contributed by atoms with Crippen LogP contribution in [0.15, 0.2) is 0 Å². The number of anilines is 1. The van der Waals surface area contributed by atoms with E-state index in [1.54, 1.807) is 14.0 Å². The van der Waals surface area contributed by atoms with E-state index in [-0.39, 0.29) is 11.3 Å². The van der Waals surface area contributed by atoms with Gasteiger partial charge < -0.3 is 9.64 Å². The maximum Gasteiger partial charge on any atom is 0.156 e. The Kier molecular flexibility index (Phi) is 4.14. The molecule has 1 fully saturated rings. The van der Waals surface area contributed by atoms with Gasteiger partial charge in [0.2, 0.25) is 0 Å². The van der Waals surface area contributed by atoms with E-state index in [9.17, 15) is 4.79 Å². The Bertz CT molecular complexity index is 453. The van der Waals surface area contributed by atoms with Crippen LogP contribution < -0.4 is 4.90 Å². The van der Waals surface area contributed by atoms with Crippen LogP contribution in [0.5, 0.6) is 0 Å². The molecule has 1 aliphatic heterocycles. The second-order valence-corrected chi connectivity index (χ2v) is 4.72. The predicted molar refractivity (Wildman–Crippen MR) is 69.4 cm³/mol. The monoisotopic (exact) mass is 269 g/mol. The number of hydrogen-bond donors (Lipinski definition) is 0. The van der Waals surface area contributed by atoms with Crippen LogP contribution in [0.2, 0.25) is 5.15 Å². The average Bonchev–Trinajstić information content (AvgIpc) is 2.38. The average molecular weight is 270 g/mol. The summed E-state index contributed by atoms with van der Waals surface area (Å²) in [5.41, 5.74) is 0.360. The first-order chi connectivity index (χ1) is 8.65. The lowest BCUT2D eigenvalue weighted by Crippen LogP contribution is -2.40. The molecule has 98 valence electrons. The number of carbonyl (C=O) groups excluding carboxylic acids is 1. The number of aromatic nitrogens is 2. The van der Waals surface area contributed by atoms with Crippen LogP contribution in [0.3, 0.4) is 0 Å². The standard InChI is InChI=1S/C12H16ClN3O2/c1-8-14-11(13)10(7-17)12(15-8)16-5-3-4-9(6-16)18-2/h7,9H,3-6H2,1-2H3. The third-order valence-electron chi connectivity index (χ3n) is 3.12. The van der Waals surface area contributed by atoms with Crippen molar-refractivity contribution in [3.8, 4) is 0 Å². The van der Waals surface area contributed by atoms with Gasteiger partial charge in [-0.05, 0) is 19.8 Å². The van der Waals surface area contributed by atoms with E-state index in [2.05, 4.69) is 9.97 Å². The fourth-order valence-corrected chi connectivity index (χ4v) is 2.45. The highest BCUT2D eigenvalue weighted by molar-refractivity contribution is 6.32. The predicted octanol–water partition coefficient (Wildman–Crippen LogP) is 1.87. The van der Waals surface area contributed by atoms with Crippen molar-refractivity contribution in [3.63, 3.8) is 0 Å². The number of piperidine rings is 1. The Labute approximate surface area is 111 Å². The number of ether oxygens (including phenoxy) is 1. The van der Waals surface area contributed by atoms with Crippen LogP contribution in [0.4, 0.5) is 5.82 Å². The van der Waals surface area contributed by atoms with Crippen LogP contribution >= 0.6 is 11.6 Å². The van der Waals surface area contributed by atoms with Gasteiger partial charge in [0.15, 0.2) is 6.29 Å². The van der Waals surface area contributed by atoms with E-state index < -0.39 is 0 Å². The molecule has 0 radical (unpaired) electrons. The summed E-state index contributed by atoms with van der Waals surface area (Å²) in [5, 5.41) is 0.215. The Morgan fingerprint density at radius 1 is 1.50 bits per heavy atom. The van der Waals surface area contributed by atoms with Crippen LogP contribution in [0.25, 0.3) is 0 Å². The lowest BCUT2D eigenvalue weighted by Gasteiger charge is -2.33. The number of hydrogen-bond acceptors (Lipinski definition) is 5. The molecular weight excluding hydrogens is 254 g/mol. The van der Waals surface area contributed by atoms with Gasteiger partial charge in [-0.1, -0.05) is 11.6 Å². The molecule has 6 heteroatoms. The lowest BCUT2D eigenvalue weighted by atomic mass is 10.1. The van der Waals surface area contributed by atoms with Gasteiger partial charge in [-0.2, -0.15) is 0 Å². The number of carbonyl (C=O) groups is 1. The second kappa shape index (κ2) is 5.63. The minimum atomic E-state index is 0.173. The SMILES string of the molecule is COC1CCCN(c2nc(C)nc(Cl)c2C=O)C1. The number of aryl methyl sites for hydroxylation is 1. The zero-order valence-electron chi connectivity index (χ0n) is 10.5. The molecule has 5 nitrogen and oxygen atoms in total. The van der Waals surface area contributed by atoms with Gasteiger partial charge in [-0.25, -0.2) is 9.97 Å². The molecule has 1 atom stereocenters. The maximum absolute atomic E-state index is 11.1. The van der Waals surface area contributed by atoms with Crippen molar-refractivity contribution in [1.29, 1.82) is 0 Å². The molecule has 1 aromatic rings. The van der Waals surface area contributed by atoms with Crippen LogP contribution in [0.1, 0.15) is 29.0 Å². The number of nitrogens with zero attached hydrogens (tertiary/aromatic N) is 3. The molecule has 0 amide bonds. The molecule has 0 saturated carbocycles. The van der Waals surface area contributed by atoms with Gasteiger partial charge in [0.25, 0.3) is 0 Å². The van der Waals surface area contributed by atoms with Crippen molar-refractivity contribution in [2.24, 2.45) is 0 Å². The summed E-state index contributed by atoms with van der Waals surface area (Å²) in [5.74, 6) is 1.18. The van der Waals surface area contributed by atoms with E-state index in [1.807, 2.05) is 4.90 Å². The molecule has 18 heavy (non-hydrogen) atoms. The first-order valence-corrected chi connectivity index (χ1v) is 6.30. The number of methoxy groups -OCH3 is 1. The first-order valence-electron chi connectivity index (χ1n) is 5.92. The van der Waals surface area contributed by atoms with Gasteiger partial charge in [0.05, 0.1) is 11.7 Å². The summed E-state index contributed by atoms with van der Waals surface area (Å²) < 4.78 is 5.37. The molecule has 1 aliphatic rings. The molecule has 0 aliphatic carbocycles. The molecule has 0 N–H and O–H groups in total. The van der Waals surface area contributed by atoms with Crippen LogP contribution in [0, 0.1) is 6.92 Å². The van der Waals surface area contributed by atoms with E-state index in [4.69, 9.17) is 16.3 Å². The number of halogens is 1. The Hall–Kier alpha value is -1.20. The number of aldehydes is 1. The largest absolute Gasteiger partial charge is 0.380 e. The van der Waals surface area contributed by atoms with Crippen molar-refractivity contribution < 1.29 is 9.53 Å². The fraction of sp³-hybridized carbons (Fsp3) is 0.583. The molecular formula is C12H16ClN3O2. The Morgan fingerprint density at radius 2 is 2.28 bits per heavy atom. The van der Waals surface area contributed by atoms with Crippen molar-refractivity contribution in [2.75, 3.05) is 25.1 Å². The summed E-state index contributed by atoms with van der Waals surface area (Å²) in [7, 11) is 1.70. The molecule has 0 bridgehead atoms. The van der Waals surface area contributed by atoms with E-state index in [0.717, 1.165) is 25.9 Å². The smallest absolute Gasteiger partial charge is 0.156 e. The zero-order valence-corrected chi connectivity index (χ0v) is 11.3. The summed E-state index contributed by atoms with van der Waals surface area (Å²) >= 11 is 5.98. The summed E-state index contributed by atoms with van der Waals surface area (Å²) in [4.78, 5) is 21.5. The van der Waals surface area contributed by atoms with Crippen molar-refractivity contribution in [1.82, 2.24) is 9.97 Å². The fourth-order valence-electron chi connectivity index (χ4n) is 2.20. The second-order valence-electron chi connectivity index (χ2n) is 4.36. The lowest BCUT2D eigenvalue weighted by molar-refractivity contribution is 0.0890. The quantitative estimate of drug-likeness (QED) is 0.619. The topological polar surface area (TPSA) is 55.3 Å². The minimum Gasteiger partial charge on any atom is -0.380 e. The van der Waals surface area contributed by atoms with E-state index in [1.165, 1.54) is 0 Å². The van der Waals surface area contributed by atoms with Gasteiger partial charge in [0, 0.05) is 20.2 Å². The molecule has 0 spiro atoms. The third-order valence-corrected chi connectivity index (χ3v) is 3.41. The Morgan fingerprint density at radius 3 is 2.94 bits per heavy atom. The van der Waals surface area contributed by atoms with Gasteiger partial charge in [-0.3, -0.25) is 4.79 Å². The maximum atomic E-state index is 11.1. The first kappa shape index (κ1) is 13.2. The van der Waals surface area contributed by atoms with Crippen molar-refractivity contribution >= 4 is 23.7 Å². The number of rotatable bonds is 3. The van der Waals surface area contributed by atoms with Crippen molar-refractivity contribution in [3.05, 3.63) is 16.5 Å². The molecule has 2 rings (SSSR count). The van der Waals surface area contributed by atoms with Crippen LogP contribution in [-0.2, 0) is 4.74 Å². The van der Waals surface area contributed by atoms with Gasteiger partial charge in [0.1, 0.15) is 16.8 Å². The molecule has 1 saturated heterocycles. The summed E-state index contributed by atoms with van der Waals surface area (Å²) in [6, 6.07) is 0. The minimum absolute atomic E-state index is 0.173. The van der Waals surface area contributed by atoms with Crippen molar-refractivity contribution in [2.45, 2.75) is 25.9 Å². The normalized spacial score (nSPS) is 19.9. The van der Waals surface area contributed by atoms with Gasteiger partial charge in [-0.15, -0.1) is 0 Å². The van der Waals surface area contributed by atoms with Gasteiger partial charge >= 0.3 is 0 Å². The third kappa shape index (κ3) is 2.62. The molecule has 1 aromatic heterocycles. The zero-order chi connectivity index (χ0) is 13.1. The highest BCUT2D eigenvalue weighted by Gasteiger charge is 2.24. The highest BCUT2D eigenvalue weighted by atomic mass is 35.5.